The number of hydrogen-bond acceptors (Lipinski definition) is 4. The smallest absolute Gasteiger partial charge is 0.228 e. The first kappa shape index (κ1) is 11.1. The van der Waals surface area contributed by atoms with Crippen molar-refractivity contribution in [2.75, 3.05) is 19.0 Å². The van der Waals surface area contributed by atoms with Crippen molar-refractivity contribution in [3.05, 3.63) is 29.3 Å². The van der Waals surface area contributed by atoms with E-state index in [1.807, 2.05) is 19.2 Å². The molecule has 2 rings (SSSR count). The molecule has 16 heavy (non-hydrogen) atoms. The van der Waals surface area contributed by atoms with Crippen LogP contribution in [-0.4, -0.2) is 24.5 Å². The standard InChI is InChI=1S/C11H16N4O/c1-15(7-13-12)6-8-2-3-10-9(4-8)5-11(16)14-10/h2-4,13H,5-7,12H2,1H3,(H,14,16). The number of rotatable bonds is 4. The highest BCUT2D eigenvalue weighted by Crippen LogP contribution is 2.24. The zero-order valence-electron chi connectivity index (χ0n) is 9.29. The maximum absolute atomic E-state index is 11.2. The molecule has 5 nitrogen and oxygen atoms in total. The van der Waals surface area contributed by atoms with Crippen molar-refractivity contribution in [3.8, 4) is 0 Å². The molecular weight excluding hydrogens is 204 g/mol. The third-order valence-corrected chi connectivity index (χ3v) is 2.61. The lowest BCUT2D eigenvalue weighted by Crippen LogP contribution is -2.35. The van der Waals surface area contributed by atoms with Crippen LogP contribution in [-0.2, 0) is 17.8 Å². The third kappa shape index (κ3) is 2.38. The van der Waals surface area contributed by atoms with Gasteiger partial charge in [-0.05, 0) is 24.2 Å². The van der Waals surface area contributed by atoms with Gasteiger partial charge in [-0.2, -0.15) is 0 Å². The number of benzene rings is 1. The normalized spacial score (nSPS) is 14.1. The molecule has 0 saturated carbocycles. The van der Waals surface area contributed by atoms with Crippen molar-refractivity contribution in [2.45, 2.75) is 13.0 Å². The van der Waals surface area contributed by atoms with Gasteiger partial charge >= 0.3 is 0 Å². The van der Waals surface area contributed by atoms with Crippen LogP contribution in [0.3, 0.4) is 0 Å². The van der Waals surface area contributed by atoms with E-state index in [0.717, 1.165) is 17.8 Å². The Kier molecular flexibility index (Phi) is 3.19. The van der Waals surface area contributed by atoms with E-state index in [-0.39, 0.29) is 5.91 Å². The fraction of sp³-hybridized carbons (Fsp3) is 0.364. The van der Waals surface area contributed by atoms with Gasteiger partial charge in [0.25, 0.3) is 0 Å². The van der Waals surface area contributed by atoms with Crippen molar-refractivity contribution in [3.63, 3.8) is 0 Å². The average Bonchev–Trinajstić information content (AvgIpc) is 2.57. The van der Waals surface area contributed by atoms with Gasteiger partial charge in [0.1, 0.15) is 0 Å². The van der Waals surface area contributed by atoms with Gasteiger partial charge in [0, 0.05) is 12.2 Å². The first-order chi connectivity index (χ1) is 7.69. The minimum absolute atomic E-state index is 0.0733. The lowest BCUT2D eigenvalue weighted by Gasteiger charge is -2.16. The van der Waals surface area contributed by atoms with Crippen molar-refractivity contribution in [1.29, 1.82) is 0 Å². The minimum atomic E-state index is 0.0733. The number of nitrogens with two attached hydrogens (primary N) is 1. The molecule has 0 aliphatic carbocycles. The van der Waals surface area contributed by atoms with Gasteiger partial charge in [-0.15, -0.1) is 0 Å². The van der Waals surface area contributed by atoms with Gasteiger partial charge in [-0.1, -0.05) is 12.1 Å². The van der Waals surface area contributed by atoms with Crippen LogP contribution in [0.1, 0.15) is 11.1 Å². The summed E-state index contributed by atoms with van der Waals surface area (Å²) in [6.07, 6.45) is 0.488. The molecule has 1 aliphatic rings. The molecule has 4 N–H and O–H groups in total. The molecule has 5 heteroatoms. The number of anilines is 1. The number of fused-ring (bicyclic) bond motifs is 1. The van der Waals surface area contributed by atoms with Crippen LogP contribution < -0.4 is 16.6 Å². The summed E-state index contributed by atoms with van der Waals surface area (Å²) in [5, 5.41) is 2.82. The van der Waals surface area contributed by atoms with Gasteiger partial charge in [0.2, 0.25) is 5.91 Å². The summed E-state index contributed by atoms with van der Waals surface area (Å²) in [5.74, 6) is 5.32. The summed E-state index contributed by atoms with van der Waals surface area (Å²) in [5.41, 5.74) is 5.81. The van der Waals surface area contributed by atoms with Gasteiger partial charge in [0.05, 0.1) is 13.1 Å². The second-order valence-electron chi connectivity index (χ2n) is 4.09. The predicted molar refractivity (Wildman–Crippen MR) is 62.4 cm³/mol. The second-order valence-corrected chi connectivity index (χ2v) is 4.09. The summed E-state index contributed by atoms with van der Waals surface area (Å²) >= 11 is 0. The fourth-order valence-electron chi connectivity index (χ4n) is 1.90. The highest BCUT2D eigenvalue weighted by atomic mass is 16.1. The van der Waals surface area contributed by atoms with Crippen LogP contribution in [0.4, 0.5) is 5.69 Å². The van der Waals surface area contributed by atoms with E-state index in [4.69, 9.17) is 5.84 Å². The van der Waals surface area contributed by atoms with E-state index in [9.17, 15) is 4.79 Å². The Hall–Kier alpha value is -1.43. The lowest BCUT2D eigenvalue weighted by atomic mass is 10.1. The summed E-state index contributed by atoms with van der Waals surface area (Å²) in [6.45, 7) is 1.44. The van der Waals surface area contributed by atoms with Crippen LogP contribution in [0.25, 0.3) is 0 Å². The molecule has 0 atom stereocenters. The Morgan fingerprint density at radius 1 is 1.56 bits per heavy atom. The molecule has 0 fully saturated rings. The Morgan fingerprint density at radius 2 is 2.38 bits per heavy atom. The first-order valence-electron chi connectivity index (χ1n) is 5.22. The largest absolute Gasteiger partial charge is 0.326 e. The fourth-order valence-corrected chi connectivity index (χ4v) is 1.90. The zero-order chi connectivity index (χ0) is 11.5. The molecular formula is C11H16N4O. The Labute approximate surface area is 94.6 Å². The Bertz CT molecular complexity index is 405. The van der Waals surface area contributed by atoms with Gasteiger partial charge in [0.15, 0.2) is 0 Å². The highest BCUT2D eigenvalue weighted by molar-refractivity contribution is 5.99. The van der Waals surface area contributed by atoms with E-state index >= 15 is 0 Å². The Morgan fingerprint density at radius 3 is 3.12 bits per heavy atom. The molecule has 86 valence electrons. The molecule has 1 aromatic rings. The highest BCUT2D eigenvalue weighted by Gasteiger charge is 2.17. The molecule has 1 aliphatic heterocycles. The number of carbonyl (C=O) groups excluding carboxylic acids is 1. The molecule has 1 aromatic carbocycles. The van der Waals surface area contributed by atoms with E-state index in [1.165, 1.54) is 5.56 Å². The van der Waals surface area contributed by atoms with Crippen LogP contribution >= 0.6 is 0 Å². The van der Waals surface area contributed by atoms with Crippen molar-refractivity contribution >= 4 is 11.6 Å². The maximum atomic E-state index is 11.2. The molecule has 1 amide bonds. The minimum Gasteiger partial charge on any atom is -0.326 e. The molecule has 0 unspecified atom stereocenters. The summed E-state index contributed by atoms with van der Waals surface area (Å²) in [6, 6.07) is 6.05. The van der Waals surface area contributed by atoms with Crippen LogP contribution in [0.15, 0.2) is 18.2 Å². The quantitative estimate of drug-likeness (QED) is 0.380. The third-order valence-electron chi connectivity index (χ3n) is 2.61. The number of hydrazine groups is 1. The monoisotopic (exact) mass is 220 g/mol. The van der Waals surface area contributed by atoms with Crippen LogP contribution in [0.5, 0.6) is 0 Å². The van der Waals surface area contributed by atoms with E-state index < -0.39 is 0 Å². The summed E-state index contributed by atoms with van der Waals surface area (Å²) in [4.78, 5) is 13.2. The molecule has 1 heterocycles. The Balaban J connectivity index is 2.07. The van der Waals surface area contributed by atoms with Crippen molar-refractivity contribution in [1.82, 2.24) is 10.3 Å². The number of carbonyl (C=O) groups is 1. The summed E-state index contributed by atoms with van der Waals surface area (Å²) < 4.78 is 0. The first-order valence-corrected chi connectivity index (χ1v) is 5.22. The summed E-state index contributed by atoms with van der Waals surface area (Å²) in [7, 11) is 1.98. The SMILES string of the molecule is CN(CNN)Cc1ccc2c(c1)CC(=O)N2. The zero-order valence-corrected chi connectivity index (χ0v) is 9.29. The van der Waals surface area contributed by atoms with E-state index in [2.05, 4.69) is 21.7 Å². The molecule has 0 saturated heterocycles. The predicted octanol–water partition coefficient (Wildman–Crippen LogP) is 0.0338. The van der Waals surface area contributed by atoms with Crippen molar-refractivity contribution in [2.24, 2.45) is 5.84 Å². The average molecular weight is 220 g/mol. The van der Waals surface area contributed by atoms with Crippen LogP contribution in [0.2, 0.25) is 0 Å². The molecule has 0 radical (unpaired) electrons. The number of amides is 1. The maximum Gasteiger partial charge on any atom is 0.228 e. The lowest BCUT2D eigenvalue weighted by molar-refractivity contribution is -0.115. The van der Waals surface area contributed by atoms with Gasteiger partial charge in [-0.25, -0.2) is 5.43 Å². The van der Waals surface area contributed by atoms with Crippen molar-refractivity contribution < 1.29 is 4.79 Å². The molecule has 0 bridgehead atoms. The number of hydrogen-bond donors (Lipinski definition) is 3. The van der Waals surface area contributed by atoms with Gasteiger partial charge in [-0.3, -0.25) is 15.5 Å². The number of nitrogens with zero attached hydrogens (tertiary/aromatic N) is 1. The molecule has 0 spiro atoms. The number of nitrogens with one attached hydrogen (secondary N) is 2. The second kappa shape index (κ2) is 4.61. The van der Waals surface area contributed by atoms with Crippen LogP contribution in [0, 0.1) is 0 Å². The van der Waals surface area contributed by atoms with E-state index in [1.54, 1.807) is 0 Å². The molecule has 0 aromatic heterocycles. The topological polar surface area (TPSA) is 70.4 Å². The van der Waals surface area contributed by atoms with Gasteiger partial charge < -0.3 is 5.32 Å². The van der Waals surface area contributed by atoms with E-state index in [0.29, 0.717) is 13.1 Å².